The highest BCUT2D eigenvalue weighted by atomic mass is 14.8. The van der Waals surface area contributed by atoms with Crippen LogP contribution in [-0.4, -0.2) is 9.97 Å². The van der Waals surface area contributed by atoms with Gasteiger partial charge < -0.3 is 4.98 Å². The van der Waals surface area contributed by atoms with Gasteiger partial charge in [-0.15, -0.1) is 6.42 Å². The normalized spacial score (nSPS) is 10.6. The third-order valence-electron chi connectivity index (χ3n) is 2.54. The molecule has 2 nitrogen and oxygen atoms in total. The van der Waals surface area contributed by atoms with Gasteiger partial charge in [-0.2, -0.15) is 0 Å². The van der Waals surface area contributed by atoms with Crippen LogP contribution in [0.4, 0.5) is 0 Å². The van der Waals surface area contributed by atoms with Crippen molar-refractivity contribution in [3.63, 3.8) is 0 Å². The molecule has 0 saturated heterocycles. The van der Waals surface area contributed by atoms with Gasteiger partial charge in [0.25, 0.3) is 0 Å². The first-order valence-electron chi connectivity index (χ1n) is 4.71. The molecule has 0 fully saturated rings. The van der Waals surface area contributed by atoms with Crippen LogP contribution in [0.2, 0.25) is 0 Å². The molecule has 0 unspecified atom stereocenters. The Morgan fingerprint density at radius 1 is 1.13 bits per heavy atom. The number of benzene rings is 1. The molecule has 0 bridgehead atoms. The first kappa shape index (κ1) is 8.07. The summed E-state index contributed by atoms with van der Waals surface area (Å²) in [6, 6.07) is 10.1. The van der Waals surface area contributed by atoms with Crippen molar-refractivity contribution in [2.24, 2.45) is 0 Å². The Balaban J connectivity index is 2.53. The first-order chi connectivity index (χ1) is 7.38. The summed E-state index contributed by atoms with van der Waals surface area (Å²) in [5, 5.41) is 2.32. The van der Waals surface area contributed by atoms with Gasteiger partial charge in [-0.1, -0.05) is 24.1 Å². The minimum Gasteiger partial charge on any atom is -0.353 e. The van der Waals surface area contributed by atoms with E-state index in [1.54, 1.807) is 6.20 Å². The molecule has 0 amide bonds. The maximum Gasteiger partial charge on any atom is 0.113 e. The van der Waals surface area contributed by atoms with Crippen LogP contribution in [0, 0.1) is 12.3 Å². The molecule has 3 aromatic rings. The van der Waals surface area contributed by atoms with Crippen molar-refractivity contribution in [1.29, 1.82) is 0 Å². The van der Waals surface area contributed by atoms with Gasteiger partial charge in [0.15, 0.2) is 0 Å². The van der Waals surface area contributed by atoms with Gasteiger partial charge in [-0.05, 0) is 12.1 Å². The Hall–Kier alpha value is -2.27. The molecule has 0 aliphatic heterocycles. The average Bonchev–Trinajstić information content (AvgIpc) is 2.66. The van der Waals surface area contributed by atoms with Gasteiger partial charge in [0.2, 0.25) is 0 Å². The fourth-order valence-corrected chi connectivity index (χ4v) is 1.83. The Morgan fingerprint density at radius 2 is 2.00 bits per heavy atom. The number of aromatic nitrogens is 2. The lowest BCUT2D eigenvalue weighted by Crippen LogP contribution is -1.79. The molecule has 0 atom stereocenters. The molecule has 15 heavy (non-hydrogen) atoms. The minimum absolute atomic E-state index is 0.673. The summed E-state index contributed by atoms with van der Waals surface area (Å²) in [6.07, 6.45) is 7.11. The number of para-hydroxylation sites is 1. The van der Waals surface area contributed by atoms with Crippen LogP contribution >= 0.6 is 0 Å². The number of nitrogens with one attached hydrogen (secondary N) is 1. The number of pyridine rings is 1. The molecular weight excluding hydrogens is 184 g/mol. The topological polar surface area (TPSA) is 28.7 Å². The predicted molar refractivity (Wildman–Crippen MR) is 61.5 cm³/mol. The molecule has 0 aliphatic rings. The molecule has 1 N–H and O–H groups in total. The molecule has 1 aromatic carbocycles. The lowest BCUT2D eigenvalue weighted by molar-refractivity contribution is 1.31. The molecule has 3 rings (SSSR count). The minimum atomic E-state index is 0.673. The van der Waals surface area contributed by atoms with Gasteiger partial charge in [0.05, 0.1) is 11.7 Å². The number of nitrogens with zero attached hydrogens (tertiary/aromatic N) is 1. The van der Waals surface area contributed by atoms with E-state index in [0.29, 0.717) is 5.69 Å². The fraction of sp³-hybridized carbons (Fsp3) is 0. The third kappa shape index (κ3) is 1.10. The number of aromatic amines is 1. The molecule has 0 radical (unpaired) electrons. The molecular formula is C13H8N2. The van der Waals surface area contributed by atoms with E-state index in [1.807, 2.05) is 24.3 Å². The number of fused-ring (bicyclic) bond motifs is 3. The zero-order valence-electron chi connectivity index (χ0n) is 7.99. The fourth-order valence-electron chi connectivity index (χ4n) is 1.83. The maximum absolute atomic E-state index is 5.33. The third-order valence-corrected chi connectivity index (χ3v) is 2.54. The van der Waals surface area contributed by atoms with E-state index in [9.17, 15) is 0 Å². The Morgan fingerprint density at radius 3 is 2.87 bits per heavy atom. The standard InChI is InChI=1S/C13H8N2/c1-2-9-7-11-10-5-3-4-6-12(10)15-13(11)8-14-9/h1,3-8,15H. The monoisotopic (exact) mass is 192 g/mol. The molecule has 2 heterocycles. The number of rotatable bonds is 0. The van der Waals surface area contributed by atoms with Gasteiger partial charge in [-0.25, -0.2) is 4.98 Å². The lowest BCUT2D eigenvalue weighted by atomic mass is 10.2. The number of H-pyrrole nitrogens is 1. The maximum atomic E-state index is 5.33. The zero-order chi connectivity index (χ0) is 10.3. The zero-order valence-corrected chi connectivity index (χ0v) is 7.99. The van der Waals surface area contributed by atoms with Gasteiger partial charge in [0, 0.05) is 16.3 Å². The molecule has 2 aromatic heterocycles. The summed E-state index contributed by atoms with van der Waals surface area (Å²) in [5.74, 6) is 2.55. The summed E-state index contributed by atoms with van der Waals surface area (Å²) >= 11 is 0. The van der Waals surface area contributed by atoms with E-state index in [1.165, 1.54) is 5.39 Å². The Labute approximate surface area is 87.0 Å². The number of terminal acetylenes is 1. The summed E-state index contributed by atoms with van der Waals surface area (Å²) < 4.78 is 0. The van der Waals surface area contributed by atoms with E-state index >= 15 is 0 Å². The predicted octanol–water partition coefficient (Wildman–Crippen LogP) is 2.70. The van der Waals surface area contributed by atoms with Gasteiger partial charge >= 0.3 is 0 Å². The number of hydrogen-bond donors (Lipinski definition) is 1. The Bertz CT molecular complexity index is 686. The Kier molecular flexibility index (Phi) is 1.54. The SMILES string of the molecule is C#Cc1cc2c(cn1)[nH]c1ccccc12. The molecule has 0 spiro atoms. The van der Waals surface area contributed by atoms with Crippen LogP contribution in [0.3, 0.4) is 0 Å². The second-order valence-corrected chi connectivity index (χ2v) is 3.43. The van der Waals surface area contributed by atoms with Crippen molar-refractivity contribution in [3.05, 3.63) is 42.2 Å². The highest BCUT2D eigenvalue weighted by molar-refractivity contribution is 6.07. The van der Waals surface area contributed by atoms with E-state index < -0.39 is 0 Å². The van der Waals surface area contributed by atoms with Crippen molar-refractivity contribution in [2.45, 2.75) is 0 Å². The first-order valence-corrected chi connectivity index (χ1v) is 4.71. The van der Waals surface area contributed by atoms with Crippen molar-refractivity contribution >= 4 is 21.8 Å². The molecule has 0 aliphatic carbocycles. The highest BCUT2D eigenvalue weighted by Gasteiger charge is 2.03. The van der Waals surface area contributed by atoms with Crippen molar-refractivity contribution in [3.8, 4) is 12.3 Å². The van der Waals surface area contributed by atoms with Crippen LogP contribution < -0.4 is 0 Å². The van der Waals surface area contributed by atoms with E-state index in [-0.39, 0.29) is 0 Å². The summed E-state index contributed by atoms with van der Waals surface area (Å²) in [7, 11) is 0. The summed E-state index contributed by atoms with van der Waals surface area (Å²) in [4.78, 5) is 7.45. The molecule has 0 saturated carbocycles. The van der Waals surface area contributed by atoms with E-state index in [0.717, 1.165) is 16.4 Å². The van der Waals surface area contributed by atoms with Crippen LogP contribution in [-0.2, 0) is 0 Å². The van der Waals surface area contributed by atoms with Crippen LogP contribution in [0.25, 0.3) is 21.8 Å². The molecule has 70 valence electrons. The van der Waals surface area contributed by atoms with Crippen molar-refractivity contribution < 1.29 is 0 Å². The van der Waals surface area contributed by atoms with E-state index in [4.69, 9.17) is 6.42 Å². The second-order valence-electron chi connectivity index (χ2n) is 3.43. The van der Waals surface area contributed by atoms with Gasteiger partial charge in [-0.3, -0.25) is 0 Å². The molecule has 2 heteroatoms. The lowest BCUT2D eigenvalue weighted by Gasteiger charge is -1.91. The van der Waals surface area contributed by atoms with E-state index in [2.05, 4.69) is 22.0 Å². The van der Waals surface area contributed by atoms with Crippen LogP contribution in [0.15, 0.2) is 36.5 Å². The van der Waals surface area contributed by atoms with Gasteiger partial charge in [0.1, 0.15) is 5.69 Å². The second kappa shape index (κ2) is 2.86. The number of hydrogen-bond acceptors (Lipinski definition) is 1. The average molecular weight is 192 g/mol. The van der Waals surface area contributed by atoms with Crippen LogP contribution in [0.5, 0.6) is 0 Å². The summed E-state index contributed by atoms with van der Waals surface area (Å²) in [5.41, 5.74) is 2.81. The van der Waals surface area contributed by atoms with Crippen molar-refractivity contribution in [1.82, 2.24) is 9.97 Å². The quantitative estimate of drug-likeness (QED) is 0.545. The summed E-state index contributed by atoms with van der Waals surface area (Å²) in [6.45, 7) is 0. The smallest absolute Gasteiger partial charge is 0.113 e. The van der Waals surface area contributed by atoms with Crippen LogP contribution in [0.1, 0.15) is 5.69 Å². The largest absolute Gasteiger partial charge is 0.353 e. The van der Waals surface area contributed by atoms with Crippen molar-refractivity contribution in [2.75, 3.05) is 0 Å². The highest BCUT2D eigenvalue weighted by Crippen LogP contribution is 2.24.